The highest BCUT2D eigenvalue weighted by atomic mass is 19.1. The SMILES string of the molecule is Cc1ccc(F)c(C(=O)N(CC(=O)O)C(C)(C)C)c1F. The van der Waals surface area contributed by atoms with E-state index in [0.717, 1.165) is 11.0 Å². The predicted molar refractivity (Wildman–Crippen MR) is 69.5 cm³/mol. The largest absolute Gasteiger partial charge is 0.480 e. The first-order valence-corrected chi connectivity index (χ1v) is 6.04. The molecule has 0 aliphatic rings. The van der Waals surface area contributed by atoms with Gasteiger partial charge in [0.15, 0.2) is 0 Å². The molecule has 0 atom stereocenters. The van der Waals surface area contributed by atoms with Crippen LogP contribution in [0.15, 0.2) is 12.1 Å². The average molecular weight is 285 g/mol. The number of rotatable bonds is 3. The molecule has 0 aromatic heterocycles. The molecule has 1 aromatic carbocycles. The molecule has 0 fully saturated rings. The number of carboxylic acid groups (broad SMARTS) is 1. The highest BCUT2D eigenvalue weighted by Gasteiger charge is 2.32. The van der Waals surface area contributed by atoms with Crippen molar-refractivity contribution in [1.29, 1.82) is 0 Å². The van der Waals surface area contributed by atoms with E-state index in [-0.39, 0.29) is 5.56 Å². The molecular weight excluding hydrogens is 268 g/mol. The molecule has 0 radical (unpaired) electrons. The Hall–Kier alpha value is -1.98. The van der Waals surface area contributed by atoms with Crippen LogP contribution in [0.1, 0.15) is 36.7 Å². The van der Waals surface area contributed by atoms with Crippen LogP contribution in [0.5, 0.6) is 0 Å². The Balaban J connectivity index is 3.33. The van der Waals surface area contributed by atoms with Gasteiger partial charge in [-0.05, 0) is 39.3 Å². The highest BCUT2D eigenvalue weighted by Crippen LogP contribution is 2.22. The fourth-order valence-electron chi connectivity index (χ4n) is 1.74. The minimum absolute atomic E-state index is 0.124. The van der Waals surface area contributed by atoms with E-state index in [1.807, 2.05) is 0 Å². The molecule has 1 aromatic rings. The first-order valence-electron chi connectivity index (χ1n) is 6.04. The summed E-state index contributed by atoms with van der Waals surface area (Å²) in [5.41, 5.74) is -1.47. The Morgan fingerprint density at radius 1 is 1.25 bits per heavy atom. The van der Waals surface area contributed by atoms with Crippen LogP contribution in [0, 0.1) is 18.6 Å². The molecule has 1 rings (SSSR count). The van der Waals surface area contributed by atoms with Crippen LogP contribution in [0.3, 0.4) is 0 Å². The lowest BCUT2D eigenvalue weighted by molar-refractivity contribution is -0.138. The zero-order valence-corrected chi connectivity index (χ0v) is 11.8. The Morgan fingerprint density at radius 3 is 2.25 bits per heavy atom. The maximum Gasteiger partial charge on any atom is 0.323 e. The van der Waals surface area contributed by atoms with Gasteiger partial charge < -0.3 is 10.0 Å². The van der Waals surface area contributed by atoms with E-state index in [1.165, 1.54) is 13.0 Å². The van der Waals surface area contributed by atoms with Gasteiger partial charge in [0.25, 0.3) is 5.91 Å². The van der Waals surface area contributed by atoms with E-state index < -0.39 is 41.2 Å². The Kier molecular flexibility index (Phi) is 4.47. The van der Waals surface area contributed by atoms with Crippen molar-refractivity contribution in [3.63, 3.8) is 0 Å². The van der Waals surface area contributed by atoms with E-state index in [1.54, 1.807) is 20.8 Å². The van der Waals surface area contributed by atoms with Gasteiger partial charge in [0.1, 0.15) is 23.7 Å². The van der Waals surface area contributed by atoms with E-state index in [9.17, 15) is 18.4 Å². The van der Waals surface area contributed by atoms with Crippen LogP contribution < -0.4 is 0 Å². The van der Waals surface area contributed by atoms with Crippen LogP contribution >= 0.6 is 0 Å². The summed E-state index contributed by atoms with van der Waals surface area (Å²) in [7, 11) is 0. The van der Waals surface area contributed by atoms with Crippen LogP contribution in [-0.4, -0.2) is 34.0 Å². The standard InChI is InChI=1S/C14H17F2NO3/c1-8-5-6-9(15)11(12(8)16)13(20)17(7-10(18)19)14(2,3)4/h5-6H,7H2,1-4H3,(H,18,19). The summed E-state index contributed by atoms with van der Waals surface area (Å²) in [6.45, 7) is 5.57. The highest BCUT2D eigenvalue weighted by molar-refractivity contribution is 5.97. The zero-order valence-electron chi connectivity index (χ0n) is 11.8. The third kappa shape index (κ3) is 3.31. The Morgan fingerprint density at radius 2 is 1.80 bits per heavy atom. The van der Waals surface area contributed by atoms with Crippen molar-refractivity contribution in [1.82, 2.24) is 4.90 Å². The number of amides is 1. The summed E-state index contributed by atoms with van der Waals surface area (Å²) in [5, 5.41) is 8.85. The van der Waals surface area contributed by atoms with Gasteiger partial charge in [0, 0.05) is 5.54 Å². The number of benzene rings is 1. The number of halogens is 2. The molecule has 0 bridgehead atoms. The quantitative estimate of drug-likeness (QED) is 0.928. The molecule has 0 aliphatic heterocycles. The van der Waals surface area contributed by atoms with E-state index in [0.29, 0.717) is 0 Å². The predicted octanol–water partition coefficient (Wildman–Crippen LogP) is 2.60. The normalized spacial score (nSPS) is 11.3. The average Bonchev–Trinajstić information content (AvgIpc) is 2.29. The van der Waals surface area contributed by atoms with Crippen molar-refractivity contribution in [2.24, 2.45) is 0 Å². The van der Waals surface area contributed by atoms with Gasteiger partial charge in [-0.3, -0.25) is 9.59 Å². The Bertz CT molecular complexity index is 550. The number of hydrogen-bond acceptors (Lipinski definition) is 2. The summed E-state index contributed by atoms with van der Waals surface area (Å²) >= 11 is 0. The van der Waals surface area contributed by atoms with Gasteiger partial charge in [-0.2, -0.15) is 0 Å². The lowest BCUT2D eigenvalue weighted by Crippen LogP contribution is -2.48. The van der Waals surface area contributed by atoms with Crippen molar-refractivity contribution < 1.29 is 23.5 Å². The molecule has 1 N–H and O–H groups in total. The molecule has 0 saturated carbocycles. The molecule has 0 spiro atoms. The third-order valence-corrected chi connectivity index (χ3v) is 2.85. The number of carbonyl (C=O) groups excluding carboxylic acids is 1. The van der Waals surface area contributed by atoms with Crippen molar-refractivity contribution >= 4 is 11.9 Å². The Labute approximate surface area is 116 Å². The van der Waals surface area contributed by atoms with E-state index in [4.69, 9.17) is 5.11 Å². The molecule has 20 heavy (non-hydrogen) atoms. The summed E-state index contributed by atoms with van der Waals surface area (Å²) < 4.78 is 27.7. The van der Waals surface area contributed by atoms with Crippen LogP contribution in [-0.2, 0) is 4.79 Å². The second-order valence-electron chi connectivity index (χ2n) is 5.51. The molecule has 0 heterocycles. The van der Waals surface area contributed by atoms with E-state index >= 15 is 0 Å². The van der Waals surface area contributed by atoms with Gasteiger partial charge in [-0.15, -0.1) is 0 Å². The lowest BCUT2D eigenvalue weighted by Gasteiger charge is -2.34. The van der Waals surface area contributed by atoms with Crippen LogP contribution in [0.4, 0.5) is 8.78 Å². The van der Waals surface area contributed by atoms with E-state index in [2.05, 4.69) is 0 Å². The fourth-order valence-corrected chi connectivity index (χ4v) is 1.74. The van der Waals surface area contributed by atoms with Crippen LogP contribution in [0.25, 0.3) is 0 Å². The van der Waals surface area contributed by atoms with Gasteiger partial charge in [0.05, 0.1) is 0 Å². The molecule has 0 saturated heterocycles. The summed E-state index contributed by atoms with van der Waals surface area (Å²) in [6, 6.07) is 2.22. The minimum atomic E-state index is -1.25. The van der Waals surface area contributed by atoms with Crippen molar-refractivity contribution in [2.45, 2.75) is 33.2 Å². The summed E-state index contributed by atoms with van der Waals surface area (Å²) in [5.74, 6) is -4.19. The van der Waals surface area contributed by atoms with Crippen LogP contribution in [0.2, 0.25) is 0 Å². The first-order chi connectivity index (χ1) is 9.05. The fraction of sp³-hybridized carbons (Fsp3) is 0.429. The minimum Gasteiger partial charge on any atom is -0.480 e. The first kappa shape index (κ1) is 16.1. The van der Waals surface area contributed by atoms with Crippen molar-refractivity contribution in [2.75, 3.05) is 6.54 Å². The third-order valence-electron chi connectivity index (χ3n) is 2.85. The number of nitrogens with zero attached hydrogens (tertiary/aromatic N) is 1. The molecule has 1 amide bonds. The molecule has 0 aliphatic carbocycles. The number of carbonyl (C=O) groups is 2. The topological polar surface area (TPSA) is 57.6 Å². The molecule has 6 heteroatoms. The lowest BCUT2D eigenvalue weighted by atomic mass is 10.0. The molecule has 4 nitrogen and oxygen atoms in total. The second kappa shape index (κ2) is 5.56. The van der Waals surface area contributed by atoms with Crippen molar-refractivity contribution in [3.8, 4) is 0 Å². The number of aryl methyl sites for hydroxylation is 1. The van der Waals surface area contributed by atoms with Gasteiger partial charge in [-0.1, -0.05) is 6.07 Å². The van der Waals surface area contributed by atoms with Gasteiger partial charge in [-0.25, -0.2) is 8.78 Å². The molecule has 0 unspecified atom stereocenters. The molecule has 110 valence electrons. The van der Waals surface area contributed by atoms with Gasteiger partial charge in [0.2, 0.25) is 0 Å². The number of hydrogen-bond donors (Lipinski definition) is 1. The summed E-state index contributed by atoms with van der Waals surface area (Å²) in [4.78, 5) is 24.1. The smallest absolute Gasteiger partial charge is 0.323 e. The summed E-state index contributed by atoms with van der Waals surface area (Å²) in [6.07, 6.45) is 0. The van der Waals surface area contributed by atoms with Crippen molar-refractivity contribution in [3.05, 3.63) is 34.9 Å². The van der Waals surface area contributed by atoms with Gasteiger partial charge >= 0.3 is 5.97 Å². The monoisotopic (exact) mass is 285 g/mol. The zero-order chi connectivity index (χ0) is 15.7. The molecular formula is C14H17F2NO3. The number of carboxylic acids is 1. The number of aliphatic carboxylic acids is 1. The maximum absolute atomic E-state index is 14.0. The maximum atomic E-state index is 14.0. The second-order valence-corrected chi connectivity index (χ2v) is 5.51.